The van der Waals surface area contributed by atoms with Gasteiger partial charge in [-0.2, -0.15) is 0 Å². The van der Waals surface area contributed by atoms with Crippen LogP contribution in [0.5, 0.6) is 0 Å². The average molecular weight is 228 g/mol. The lowest BCUT2D eigenvalue weighted by Gasteiger charge is -2.19. The maximum absolute atomic E-state index is 4.16. The van der Waals surface area contributed by atoms with Crippen LogP contribution in [0.25, 0.3) is 0 Å². The summed E-state index contributed by atoms with van der Waals surface area (Å²) in [5, 5.41) is 11.5. The van der Waals surface area contributed by atoms with Gasteiger partial charge in [-0.3, -0.25) is 4.68 Å². The van der Waals surface area contributed by atoms with Crippen molar-refractivity contribution in [1.82, 2.24) is 20.3 Å². The van der Waals surface area contributed by atoms with Gasteiger partial charge < -0.3 is 5.32 Å². The molecule has 1 aromatic carbocycles. The minimum absolute atomic E-state index is 0.886. The molecule has 1 N–H and O–H groups in total. The first-order chi connectivity index (χ1) is 8.33. The number of hydrogen-bond donors (Lipinski definition) is 1. The Hall–Kier alpha value is -1.68. The Balaban J connectivity index is 1.92. The van der Waals surface area contributed by atoms with Gasteiger partial charge in [0.1, 0.15) is 0 Å². The van der Waals surface area contributed by atoms with Crippen molar-refractivity contribution in [3.8, 4) is 0 Å². The molecule has 88 valence electrons. The fourth-order valence-corrected chi connectivity index (χ4v) is 2.45. The molecule has 0 saturated heterocycles. The molecule has 0 atom stereocenters. The molecule has 4 heteroatoms. The van der Waals surface area contributed by atoms with Crippen molar-refractivity contribution >= 4 is 0 Å². The predicted octanol–water partition coefficient (Wildman–Crippen LogP) is 1.05. The van der Waals surface area contributed by atoms with E-state index < -0.39 is 0 Å². The number of aryl methyl sites for hydroxylation is 1. The molecule has 2 heterocycles. The summed E-state index contributed by atoms with van der Waals surface area (Å²) in [5.74, 6) is 0. The number of nitrogens with one attached hydrogen (secondary N) is 1. The van der Waals surface area contributed by atoms with Crippen LogP contribution in [-0.2, 0) is 26.4 Å². The third-order valence-electron chi connectivity index (χ3n) is 3.26. The zero-order valence-corrected chi connectivity index (χ0v) is 9.98. The van der Waals surface area contributed by atoms with Crippen LogP contribution in [0.2, 0.25) is 0 Å². The van der Waals surface area contributed by atoms with Gasteiger partial charge in [-0.1, -0.05) is 23.4 Å². The van der Waals surface area contributed by atoms with Gasteiger partial charge in [0.2, 0.25) is 0 Å². The van der Waals surface area contributed by atoms with E-state index in [4.69, 9.17) is 0 Å². The van der Waals surface area contributed by atoms with Crippen LogP contribution in [0.3, 0.4) is 0 Å². The van der Waals surface area contributed by atoms with Crippen molar-refractivity contribution in [1.29, 1.82) is 0 Å². The first kappa shape index (κ1) is 10.5. The first-order valence-electron chi connectivity index (χ1n) is 5.98. The summed E-state index contributed by atoms with van der Waals surface area (Å²) in [7, 11) is 1.90. The largest absolute Gasteiger partial charge is 0.312 e. The molecule has 0 amide bonds. The van der Waals surface area contributed by atoms with Gasteiger partial charge in [-0.25, -0.2) is 0 Å². The SMILES string of the molecule is Cn1cc(Cc2cccc3c2CCNC3)nn1. The number of benzene rings is 1. The highest BCUT2D eigenvalue weighted by atomic mass is 15.4. The van der Waals surface area contributed by atoms with Gasteiger partial charge >= 0.3 is 0 Å². The van der Waals surface area contributed by atoms with E-state index in [0.717, 1.165) is 31.6 Å². The van der Waals surface area contributed by atoms with Gasteiger partial charge in [0.25, 0.3) is 0 Å². The van der Waals surface area contributed by atoms with Gasteiger partial charge in [0.05, 0.1) is 5.69 Å². The standard InChI is InChI=1S/C13H16N4/c1-17-9-12(15-16-17)7-10-3-2-4-11-8-14-6-5-13(10)11/h2-4,9,14H,5-8H2,1H3. The van der Waals surface area contributed by atoms with Crippen LogP contribution in [-0.4, -0.2) is 21.5 Å². The molecule has 0 saturated carbocycles. The van der Waals surface area contributed by atoms with Crippen molar-refractivity contribution in [2.24, 2.45) is 7.05 Å². The zero-order chi connectivity index (χ0) is 11.7. The minimum atomic E-state index is 0.886. The van der Waals surface area contributed by atoms with Crippen LogP contribution < -0.4 is 5.32 Å². The molecule has 0 unspecified atom stereocenters. The Kier molecular flexibility index (Phi) is 2.65. The second-order valence-electron chi connectivity index (χ2n) is 4.54. The zero-order valence-electron chi connectivity index (χ0n) is 9.98. The Morgan fingerprint density at radius 3 is 3.18 bits per heavy atom. The molecule has 0 radical (unpaired) electrons. The van der Waals surface area contributed by atoms with E-state index >= 15 is 0 Å². The molecular weight excluding hydrogens is 212 g/mol. The highest BCUT2D eigenvalue weighted by Gasteiger charge is 2.13. The van der Waals surface area contributed by atoms with Crippen molar-refractivity contribution in [3.05, 3.63) is 46.8 Å². The maximum Gasteiger partial charge on any atom is 0.0870 e. The lowest BCUT2D eigenvalue weighted by molar-refractivity contribution is 0.639. The number of aromatic nitrogens is 3. The summed E-state index contributed by atoms with van der Waals surface area (Å²) in [6.45, 7) is 2.06. The fourth-order valence-electron chi connectivity index (χ4n) is 2.45. The van der Waals surface area contributed by atoms with E-state index in [-0.39, 0.29) is 0 Å². The van der Waals surface area contributed by atoms with Gasteiger partial charge in [-0.15, -0.1) is 5.10 Å². The summed E-state index contributed by atoms with van der Waals surface area (Å²) in [5.41, 5.74) is 5.36. The lowest BCUT2D eigenvalue weighted by Crippen LogP contribution is -2.24. The van der Waals surface area contributed by atoms with Crippen LogP contribution >= 0.6 is 0 Å². The number of hydrogen-bond acceptors (Lipinski definition) is 3. The van der Waals surface area contributed by atoms with E-state index in [1.165, 1.54) is 16.7 Å². The third kappa shape index (κ3) is 2.08. The van der Waals surface area contributed by atoms with Crippen LogP contribution in [0.15, 0.2) is 24.4 Å². The monoisotopic (exact) mass is 228 g/mol. The van der Waals surface area contributed by atoms with Gasteiger partial charge in [-0.05, 0) is 29.7 Å². The molecule has 4 nitrogen and oxygen atoms in total. The normalized spacial score (nSPS) is 14.6. The first-order valence-corrected chi connectivity index (χ1v) is 5.98. The summed E-state index contributed by atoms with van der Waals surface area (Å²) in [6, 6.07) is 6.55. The smallest absolute Gasteiger partial charge is 0.0870 e. The topological polar surface area (TPSA) is 42.7 Å². The summed E-state index contributed by atoms with van der Waals surface area (Å²) >= 11 is 0. The van der Waals surface area contributed by atoms with E-state index in [1.807, 2.05) is 13.2 Å². The Labute approximate surface area is 101 Å². The van der Waals surface area contributed by atoms with Crippen LogP contribution in [0.4, 0.5) is 0 Å². The molecule has 0 fully saturated rings. The molecule has 17 heavy (non-hydrogen) atoms. The number of fused-ring (bicyclic) bond motifs is 1. The van der Waals surface area contributed by atoms with Crippen molar-refractivity contribution in [2.75, 3.05) is 6.54 Å². The van der Waals surface area contributed by atoms with Crippen LogP contribution in [0.1, 0.15) is 22.4 Å². The molecular formula is C13H16N4. The van der Waals surface area contributed by atoms with E-state index in [0.29, 0.717) is 0 Å². The van der Waals surface area contributed by atoms with Crippen molar-refractivity contribution < 1.29 is 0 Å². The molecule has 0 spiro atoms. The molecule has 1 aliphatic heterocycles. The second kappa shape index (κ2) is 4.30. The fraction of sp³-hybridized carbons (Fsp3) is 0.385. The number of rotatable bonds is 2. The third-order valence-corrected chi connectivity index (χ3v) is 3.26. The molecule has 3 rings (SSSR count). The van der Waals surface area contributed by atoms with Gasteiger partial charge in [0.15, 0.2) is 0 Å². The van der Waals surface area contributed by atoms with E-state index in [1.54, 1.807) is 4.68 Å². The maximum atomic E-state index is 4.16. The predicted molar refractivity (Wildman–Crippen MR) is 65.7 cm³/mol. The Bertz CT molecular complexity index is 530. The minimum Gasteiger partial charge on any atom is -0.312 e. The summed E-state index contributed by atoms with van der Waals surface area (Å²) in [4.78, 5) is 0. The average Bonchev–Trinajstić information content (AvgIpc) is 2.75. The van der Waals surface area contributed by atoms with Crippen LogP contribution in [0, 0.1) is 0 Å². The summed E-state index contributed by atoms with van der Waals surface area (Å²) < 4.78 is 1.76. The molecule has 1 aliphatic rings. The van der Waals surface area contributed by atoms with Gasteiger partial charge in [0, 0.05) is 26.2 Å². The molecule has 2 aromatic rings. The highest BCUT2D eigenvalue weighted by Crippen LogP contribution is 2.20. The Morgan fingerprint density at radius 2 is 2.35 bits per heavy atom. The summed E-state index contributed by atoms with van der Waals surface area (Å²) in [6.07, 6.45) is 3.99. The number of nitrogens with zero attached hydrogens (tertiary/aromatic N) is 3. The van der Waals surface area contributed by atoms with E-state index in [2.05, 4.69) is 33.8 Å². The van der Waals surface area contributed by atoms with Crippen molar-refractivity contribution in [3.63, 3.8) is 0 Å². The van der Waals surface area contributed by atoms with Crippen molar-refractivity contribution in [2.45, 2.75) is 19.4 Å². The molecule has 0 bridgehead atoms. The molecule has 0 aliphatic carbocycles. The highest BCUT2D eigenvalue weighted by molar-refractivity contribution is 5.38. The Morgan fingerprint density at radius 1 is 1.41 bits per heavy atom. The molecule has 1 aromatic heterocycles. The second-order valence-corrected chi connectivity index (χ2v) is 4.54. The van der Waals surface area contributed by atoms with E-state index in [9.17, 15) is 0 Å². The lowest BCUT2D eigenvalue weighted by atomic mass is 9.93. The quantitative estimate of drug-likeness (QED) is 0.835.